The third-order valence-corrected chi connectivity index (χ3v) is 4.37. The van der Waals surface area contributed by atoms with Gasteiger partial charge in [0.05, 0.1) is 11.3 Å². The summed E-state index contributed by atoms with van der Waals surface area (Å²) in [6.45, 7) is 0. The summed E-state index contributed by atoms with van der Waals surface area (Å²) in [5, 5.41) is 10.1. The Hall–Kier alpha value is -2.40. The highest BCUT2D eigenvalue weighted by Gasteiger charge is 2.31. The number of quaternary nitrogens is 1. The van der Waals surface area contributed by atoms with Gasteiger partial charge in [0.15, 0.2) is 0 Å². The van der Waals surface area contributed by atoms with Crippen molar-refractivity contribution in [2.24, 2.45) is 5.10 Å². The van der Waals surface area contributed by atoms with Crippen LogP contribution in [0.25, 0.3) is 0 Å². The van der Waals surface area contributed by atoms with E-state index in [0.717, 1.165) is 22.8 Å². The molecule has 0 spiro atoms. The van der Waals surface area contributed by atoms with Gasteiger partial charge in [-0.1, -0.05) is 46.5 Å². The number of para-hydroxylation sites is 1. The second-order valence-corrected chi connectivity index (χ2v) is 7.57. The molecule has 0 bridgehead atoms. The van der Waals surface area contributed by atoms with Crippen LogP contribution >= 0.6 is 23.2 Å². The van der Waals surface area contributed by atoms with E-state index in [9.17, 15) is 0 Å². The monoisotopic (exact) mass is 468 g/mol. The van der Waals surface area contributed by atoms with Gasteiger partial charge in [0.2, 0.25) is 0 Å². The minimum Gasteiger partial charge on any atom is -0.222 e. The van der Waals surface area contributed by atoms with Crippen molar-refractivity contribution in [1.82, 2.24) is 0 Å². The van der Waals surface area contributed by atoms with Crippen molar-refractivity contribution < 1.29 is 34.3 Å². The van der Waals surface area contributed by atoms with Gasteiger partial charge in [-0.15, -0.1) is 20.5 Å². The third kappa shape index (κ3) is 6.30. The predicted molar refractivity (Wildman–Crippen MR) is 103 cm³/mol. The zero-order valence-electron chi connectivity index (χ0n) is 15.2. The van der Waals surface area contributed by atoms with E-state index in [-0.39, 0.29) is 0 Å². The van der Waals surface area contributed by atoms with Crippen LogP contribution in [0.5, 0.6) is 0 Å². The largest absolute Gasteiger partial charge is 0.277 e. The fraction of sp³-hybridized carbons (Fsp3) is 0. The molecule has 8 nitrogen and oxygen atoms in total. The lowest BCUT2D eigenvalue weighted by molar-refractivity contribution is -2.00. The Morgan fingerprint density at radius 2 is 1.20 bits per heavy atom. The molecule has 3 aromatic carbocycles. The van der Waals surface area contributed by atoms with Gasteiger partial charge in [-0.3, -0.25) is 0 Å². The summed E-state index contributed by atoms with van der Waals surface area (Å²) in [7, 11) is -4.94. The first-order chi connectivity index (χ1) is 14.2. The third-order valence-electron chi connectivity index (χ3n) is 3.87. The maximum absolute atomic E-state index is 8.49. The molecule has 0 unspecified atom stereocenters. The first-order valence-corrected chi connectivity index (χ1v) is 10.4. The van der Waals surface area contributed by atoms with Crippen molar-refractivity contribution in [3.8, 4) is 0 Å². The van der Waals surface area contributed by atoms with E-state index in [1.54, 1.807) is 0 Å². The van der Waals surface area contributed by atoms with Crippen LogP contribution in [-0.4, -0.2) is 5.84 Å². The highest BCUT2D eigenvalue weighted by Crippen LogP contribution is 2.24. The standard InChI is InChI=1S/C19H14Cl2N4.ClHO4/c20-15-8-6-14(7-9-15)19-22-24(17-4-2-1-3-5-17)25(23-19)18-12-10-16(21)11-13-18;2-1(3,4)5/h1-13H,(H,22,23);(H,2,3,4,5). The maximum Gasteiger partial charge on any atom is 0.277 e. The molecule has 156 valence electrons. The Labute approximate surface area is 184 Å². The smallest absolute Gasteiger partial charge is 0.222 e. The molecule has 1 aliphatic rings. The summed E-state index contributed by atoms with van der Waals surface area (Å²) in [4.78, 5) is 0. The SMILES string of the molecule is Clc1ccc(C2=NN(c3ccccc3)N(c3ccc(Cl)cc3)[NH2+]2)cc1.[O-][Cl+3]([O-])([O-])[O-]. The zero-order chi connectivity index (χ0) is 21.7. The number of rotatable bonds is 3. The van der Waals surface area contributed by atoms with Gasteiger partial charge in [-0.2, -0.15) is 5.43 Å². The summed E-state index contributed by atoms with van der Waals surface area (Å²) in [5.74, 6) is 0.857. The first kappa shape index (κ1) is 22.3. The number of hydrogen-bond donors (Lipinski definition) is 1. The minimum absolute atomic E-state index is 0.702. The topological polar surface area (TPSA) is 128 Å². The molecule has 2 N–H and O–H groups in total. The molecular formula is C19H15Cl3N4O4. The van der Waals surface area contributed by atoms with Crippen molar-refractivity contribution in [2.45, 2.75) is 0 Å². The van der Waals surface area contributed by atoms with Gasteiger partial charge >= 0.3 is 0 Å². The number of anilines is 2. The fourth-order valence-electron chi connectivity index (χ4n) is 2.62. The molecule has 0 radical (unpaired) electrons. The lowest BCUT2D eigenvalue weighted by Gasteiger charge is -2.23. The van der Waals surface area contributed by atoms with Gasteiger partial charge < -0.3 is 0 Å². The summed E-state index contributed by atoms with van der Waals surface area (Å²) in [6, 6.07) is 25.3. The number of nitrogens with two attached hydrogens (primary N) is 1. The molecule has 3 aromatic rings. The maximum atomic E-state index is 8.49. The van der Waals surface area contributed by atoms with Crippen LogP contribution < -0.4 is 34.3 Å². The number of amidine groups is 1. The Bertz CT molecular complexity index is 991. The van der Waals surface area contributed by atoms with Gasteiger partial charge in [-0.25, -0.2) is 18.6 Å². The molecule has 30 heavy (non-hydrogen) atoms. The van der Waals surface area contributed by atoms with Gasteiger partial charge in [0.1, 0.15) is 5.69 Å². The van der Waals surface area contributed by atoms with E-state index < -0.39 is 10.2 Å². The predicted octanol–water partition coefficient (Wildman–Crippen LogP) is -0.681. The van der Waals surface area contributed by atoms with Crippen molar-refractivity contribution in [3.63, 3.8) is 0 Å². The molecule has 0 fully saturated rings. The van der Waals surface area contributed by atoms with E-state index in [0.29, 0.717) is 10.0 Å². The van der Waals surface area contributed by atoms with Crippen LogP contribution in [0, 0.1) is 10.2 Å². The second-order valence-electron chi connectivity index (χ2n) is 5.95. The van der Waals surface area contributed by atoms with Crippen LogP contribution in [0.3, 0.4) is 0 Å². The van der Waals surface area contributed by atoms with E-state index >= 15 is 0 Å². The Morgan fingerprint density at radius 1 is 0.700 bits per heavy atom. The molecule has 4 rings (SSSR count). The first-order valence-electron chi connectivity index (χ1n) is 8.42. The molecule has 0 aliphatic carbocycles. The Balaban J connectivity index is 0.000000461. The van der Waals surface area contributed by atoms with Gasteiger partial charge in [0.25, 0.3) is 5.84 Å². The Kier molecular flexibility index (Phi) is 7.14. The molecule has 1 aliphatic heterocycles. The average Bonchev–Trinajstić information content (AvgIpc) is 3.14. The molecule has 0 saturated carbocycles. The summed E-state index contributed by atoms with van der Waals surface area (Å²) in [6.07, 6.45) is 0. The lowest BCUT2D eigenvalue weighted by atomic mass is 10.2. The van der Waals surface area contributed by atoms with Crippen LogP contribution in [0.4, 0.5) is 11.4 Å². The number of hydrazine groups is 1. The molecule has 0 atom stereocenters. The molecule has 0 saturated heterocycles. The molecule has 0 aromatic heterocycles. The number of halogens is 3. The molecule has 11 heteroatoms. The van der Waals surface area contributed by atoms with E-state index in [2.05, 4.69) is 0 Å². The minimum atomic E-state index is -4.94. The second kappa shape index (κ2) is 9.61. The number of hydrazone groups is 1. The number of benzene rings is 3. The summed E-state index contributed by atoms with van der Waals surface area (Å²) in [5.41, 5.74) is 4.94. The lowest BCUT2D eigenvalue weighted by Crippen LogP contribution is -2.96. The summed E-state index contributed by atoms with van der Waals surface area (Å²) < 4.78 is 34.0. The average molecular weight is 470 g/mol. The van der Waals surface area contributed by atoms with E-state index in [4.69, 9.17) is 46.9 Å². The number of hydrogen-bond acceptors (Lipinski definition) is 7. The van der Waals surface area contributed by atoms with Gasteiger partial charge in [0, 0.05) is 10.0 Å². The van der Waals surface area contributed by atoms with Gasteiger partial charge in [-0.05, 0) is 60.7 Å². The van der Waals surface area contributed by atoms with Crippen molar-refractivity contribution >= 4 is 40.4 Å². The molecule has 1 heterocycles. The number of nitrogens with zero attached hydrogens (tertiary/aromatic N) is 3. The quantitative estimate of drug-likeness (QED) is 0.506. The molecule has 0 amide bonds. The van der Waals surface area contributed by atoms with Crippen LogP contribution in [0.2, 0.25) is 10.0 Å². The van der Waals surface area contributed by atoms with Crippen molar-refractivity contribution in [3.05, 3.63) is 94.5 Å². The van der Waals surface area contributed by atoms with Crippen LogP contribution in [0.1, 0.15) is 5.56 Å². The zero-order valence-corrected chi connectivity index (χ0v) is 17.5. The van der Waals surface area contributed by atoms with Crippen molar-refractivity contribution in [2.75, 3.05) is 10.2 Å². The van der Waals surface area contributed by atoms with Crippen molar-refractivity contribution in [1.29, 1.82) is 0 Å². The van der Waals surface area contributed by atoms with Crippen LogP contribution in [0.15, 0.2) is 84.0 Å². The summed E-state index contributed by atoms with van der Waals surface area (Å²) >= 11 is 12.0. The van der Waals surface area contributed by atoms with E-state index in [1.165, 1.54) is 0 Å². The highest BCUT2D eigenvalue weighted by atomic mass is 35.7. The normalized spacial score (nSPS) is 13.6. The fourth-order valence-corrected chi connectivity index (χ4v) is 2.87. The molecular weight excluding hydrogens is 455 g/mol. The van der Waals surface area contributed by atoms with E-state index in [1.807, 2.05) is 94.5 Å². The highest BCUT2D eigenvalue weighted by molar-refractivity contribution is 6.31. The van der Waals surface area contributed by atoms with Crippen LogP contribution in [-0.2, 0) is 0 Å². The Morgan fingerprint density at radius 3 is 1.73 bits per heavy atom.